The van der Waals surface area contributed by atoms with E-state index in [-0.39, 0.29) is 12.1 Å². The zero-order valence-electron chi connectivity index (χ0n) is 19.4. The second kappa shape index (κ2) is 9.19. The molecular formula is C27H27N5OS. The molecule has 0 aliphatic carbocycles. The van der Waals surface area contributed by atoms with E-state index in [1.807, 2.05) is 50.6 Å². The number of hydrogen-bond donors (Lipinski definition) is 1. The number of ether oxygens (including phenoxy) is 1. The van der Waals surface area contributed by atoms with Crippen LogP contribution in [0.2, 0.25) is 0 Å². The molecule has 172 valence electrons. The highest BCUT2D eigenvalue weighted by atomic mass is 32.1. The van der Waals surface area contributed by atoms with E-state index in [1.54, 1.807) is 7.11 Å². The highest BCUT2D eigenvalue weighted by molar-refractivity contribution is 7.80. The van der Waals surface area contributed by atoms with Crippen LogP contribution in [0.1, 0.15) is 23.5 Å². The number of pyridine rings is 1. The van der Waals surface area contributed by atoms with Gasteiger partial charge in [-0.25, -0.2) is 0 Å². The summed E-state index contributed by atoms with van der Waals surface area (Å²) in [5.74, 6) is 0.829. The van der Waals surface area contributed by atoms with Crippen LogP contribution >= 0.6 is 12.2 Å². The fraction of sp³-hybridized carbons (Fsp3) is 0.185. The summed E-state index contributed by atoms with van der Waals surface area (Å²) in [6, 6.07) is 26.6. The summed E-state index contributed by atoms with van der Waals surface area (Å²) >= 11 is 5.88. The van der Waals surface area contributed by atoms with Crippen molar-refractivity contribution in [2.75, 3.05) is 31.0 Å². The first-order valence-electron chi connectivity index (χ1n) is 11.2. The van der Waals surface area contributed by atoms with Crippen molar-refractivity contribution in [2.45, 2.75) is 12.1 Å². The second-order valence-electron chi connectivity index (χ2n) is 8.41. The third-order valence-corrected chi connectivity index (χ3v) is 6.49. The van der Waals surface area contributed by atoms with Gasteiger partial charge < -0.3 is 24.4 Å². The van der Waals surface area contributed by atoms with Crippen LogP contribution in [0.25, 0.3) is 5.69 Å². The van der Waals surface area contributed by atoms with Gasteiger partial charge in [0.1, 0.15) is 11.8 Å². The molecule has 34 heavy (non-hydrogen) atoms. The summed E-state index contributed by atoms with van der Waals surface area (Å²) < 4.78 is 7.56. The standard InChI is InChI=1S/C27H27N5OS/c1-30(2)19-9-11-21(12-10-19)32-26(25(29-27(32)34)23-7-4-5-17-28-23)24-8-6-18-31(24)20-13-15-22(33-3)16-14-20/h4-18,25-26H,1-3H3,(H,29,34). The minimum absolute atomic E-state index is 0.0929. The Hall–Kier alpha value is -3.84. The minimum atomic E-state index is -0.103. The third-order valence-electron chi connectivity index (χ3n) is 6.18. The Morgan fingerprint density at radius 1 is 0.912 bits per heavy atom. The number of hydrogen-bond acceptors (Lipinski definition) is 4. The quantitative estimate of drug-likeness (QED) is 0.395. The normalized spacial score (nSPS) is 17.5. The maximum absolute atomic E-state index is 5.88. The predicted molar refractivity (Wildman–Crippen MR) is 141 cm³/mol. The summed E-state index contributed by atoms with van der Waals surface area (Å²) in [4.78, 5) is 8.95. The maximum atomic E-state index is 5.88. The van der Waals surface area contributed by atoms with E-state index in [0.717, 1.165) is 34.2 Å². The highest BCUT2D eigenvalue weighted by Crippen LogP contribution is 2.42. The van der Waals surface area contributed by atoms with Crippen LogP contribution in [0.3, 0.4) is 0 Å². The summed E-state index contributed by atoms with van der Waals surface area (Å²) in [6.45, 7) is 0. The van der Waals surface area contributed by atoms with Crippen molar-refractivity contribution in [1.29, 1.82) is 0 Å². The topological polar surface area (TPSA) is 45.6 Å². The molecule has 2 aromatic heterocycles. The monoisotopic (exact) mass is 469 g/mol. The lowest BCUT2D eigenvalue weighted by molar-refractivity contribution is 0.414. The van der Waals surface area contributed by atoms with Crippen molar-refractivity contribution in [2.24, 2.45) is 0 Å². The van der Waals surface area contributed by atoms with Gasteiger partial charge in [-0.1, -0.05) is 6.07 Å². The largest absolute Gasteiger partial charge is 0.497 e. The molecule has 0 spiro atoms. The zero-order chi connectivity index (χ0) is 23.7. The van der Waals surface area contributed by atoms with Crippen LogP contribution in [0.15, 0.2) is 91.3 Å². The molecule has 1 aliphatic heterocycles. The van der Waals surface area contributed by atoms with Crippen LogP contribution in [0, 0.1) is 0 Å². The van der Waals surface area contributed by atoms with Crippen molar-refractivity contribution in [3.63, 3.8) is 0 Å². The first kappa shape index (κ1) is 22.0. The zero-order valence-corrected chi connectivity index (χ0v) is 20.2. The van der Waals surface area contributed by atoms with Gasteiger partial charge in [-0.3, -0.25) is 4.98 Å². The number of nitrogens with zero attached hydrogens (tertiary/aromatic N) is 4. The molecule has 1 saturated heterocycles. The average Bonchev–Trinajstić information content (AvgIpc) is 3.49. The molecule has 6 nitrogen and oxygen atoms in total. The molecule has 2 atom stereocenters. The lowest BCUT2D eigenvalue weighted by Gasteiger charge is -2.29. The maximum Gasteiger partial charge on any atom is 0.174 e. The Morgan fingerprint density at radius 3 is 2.29 bits per heavy atom. The fourth-order valence-electron chi connectivity index (χ4n) is 4.46. The summed E-state index contributed by atoms with van der Waals surface area (Å²) in [6.07, 6.45) is 3.91. The van der Waals surface area contributed by atoms with Crippen molar-refractivity contribution < 1.29 is 4.74 Å². The number of nitrogens with one attached hydrogen (secondary N) is 1. The van der Waals surface area contributed by atoms with Gasteiger partial charge in [0.15, 0.2) is 5.11 Å². The number of aromatic nitrogens is 2. The minimum Gasteiger partial charge on any atom is -0.497 e. The molecule has 0 radical (unpaired) electrons. The lowest BCUT2D eigenvalue weighted by Crippen LogP contribution is -2.30. The fourth-order valence-corrected chi connectivity index (χ4v) is 4.80. The van der Waals surface area contributed by atoms with Crippen LogP contribution in [0.5, 0.6) is 5.75 Å². The van der Waals surface area contributed by atoms with Crippen LogP contribution in [-0.2, 0) is 0 Å². The second-order valence-corrected chi connectivity index (χ2v) is 8.80. The van der Waals surface area contributed by atoms with E-state index in [2.05, 4.69) is 79.4 Å². The first-order valence-corrected chi connectivity index (χ1v) is 11.6. The van der Waals surface area contributed by atoms with Crippen molar-refractivity contribution in [3.8, 4) is 11.4 Å². The molecule has 2 unspecified atom stereocenters. The predicted octanol–water partition coefficient (Wildman–Crippen LogP) is 5.12. The highest BCUT2D eigenvalue weighted by Gasteiger charge is 2.42. The molecule has 0 bridgehead atoms. The molecule has 1 aliphatic rings. The Balaban J connectivity index is 1.62. The number of benzene rings is 2. The van der Waals surface area contributed by atoms with Gasteiger partial charge in [0.25, 0.3) is 0 Å². The Labute approximate surface area is 205 Å². The van der Waals surface area contributed by atoms with E-state index < -0.39 is 0 Å². The van der Waals surface area contributed by atoms with Gasteiger partial charge in [-0.2, -0.15) is 0 Å². The van der Waals surface area contributed by atoms with E-state index in [0.29, 0.717) is 5.11 Å². The summed E-state index contributed by atoms with van der Waals surface area (Å²) in [5.41, 5.74) is 5.30. The number of rotatable bonds is 6. The molecule has 5 rings (SSSR count). The molecule has 4 aromatic rings. The molecule has 1 fully saturated rings. The molecule has 0 saturated carbocycles. The van der Waals surface area contributed by atoms with E-state index in [1.165, 1.54) is 0 Å². The first-order chi connectivity index (χ1) is 16.6. The summed E-state index contributed by atoms with van der Waals surface area (Å²) in [5, 5.41) is 4.22. The van der Waals surface area contributed by atoms with Crippen molar-refractivity contribution in [3.05, 3.63) is 103 Å². The summed E-state index contributed by atoms with van der Waals surface area (Å²) in [7, 11) is 5.76. The number of thiocarbonyl (C=S) groups is 1. The van der Waals surface area contributed by atoms with Crippen LogP contribution in [-0.4, -0.2) is 35.9 Å². The molecule has 0 amide bonds. The SMILES string of the molecule is COc1ccc(-n2cccc2C2C(c3ccccn3)NC(=S)N2c2ccc(N(C)C)cc2)cc1. The lowest BCUT2D eigenvalue weighted by atomic mass is 10.0. The van der Waals surface area contributed by atoms with Crippen molar-refractivity contribution in [1.82, 2.24) is 14.9 Å². The molecule has 1 N–H and O–H groups in total. The Morgan fingerprint density at radius 2 is 1.65 bits per heavy atom. The molecule has 2 aromatic carbocycles. The Kier molecular flexibility index (Phi) is 5.94. The van der Waals surface area contributed by atoms with Crippen LogP contribution < -0.4 is 19.9 Å². The van der Waals surface area contributed by atoms with Gasteiger partial charge in [0.05, 0.1) is 18.8 Å². The van der Waals surface area contributed by atoms with E-state index in [4.69, 9.17) is 17.0 Å². The van der Waals surface area contributed by atoms with Gasteiger partial charge in [-0.05, 0) is 85.0 Å². The molecule has 7 heteroatoms. The van der Waals surface area contributed by atoms with Crippen molar-refractivity contribution >= 4 is 28.7 Å². The van der Waals surface area contributed by atoms with Gasteiger partial charge in [0.2, 0.25) is 0 Å². The van der Waals surface area contributed by atoms with Gasteiger partial charge in [-0.15, -0.1) is 0 Å². The smallest absolute Gasteiger partial charge is 0.174 e. The van der Waals surface area contributed by atoms with Crippen LogP contribution in [0.4, 0.5) is 11.4 Å². The van der Waals surface area contributed by atoms with Gasteiger partial charge >= 0.3 is 0 Å². The average molecular weight is 470 g/mol. The van der Waals surface area contributed by atoms with E-state index >= 15 is 0 Å². The molecular weight excluding hydrogens is 442 g/mol. The number of anilines is 2. The Bertz CT molecular complexity index is 1270. The molecule has 3 heterocycles. The third kappa shape index (κ3) is 3.99. The van der Waals surface area contributed by atoms with Gasteiger partial charge in [0, 0.05) is 49.2 Å². The van der Waals surface area contributed by atoms with E-state index in [9.17, 15) is 0 Å². The number of methoxy groups -OCH3 is 1.